The molecule has 0 heterocycles. The van der Waals surface area contributed by atoms with Crippen LogP contribution in [0, 0.1) is 0 Å². The van der Waals surface area contributed by atoms with Crippen molar-refractivity contribution in [3.8, 4) is 5.75 Å². The molecule has 0 radical (unpaired) electrons. The Morgan fingerprint density at radius 2 is 1.84 bits per heavy atom. The Morgan fingerprint density at radius 3 is 2.56 bits per heavy atom. The topological polar surface area (TPSA) is 67.4 Å². The number of rotatable bonds is 7. The predicted octanol–water partition coefficient (Wildman–Crippen LogP) is 3.63. The third-order valence-corrected chi connectivity index (χ3v) is 3.96. The van der Waals surface area contributed by atoms with Gasteiger partial charge in [0.05, 0.1) is 18.6 Å². The van der Waals surface area contributed by atoms with Crippen molar-refractivity contribution in [2.24, 2.45) is 0 Å². The first kappa shape index (κ1) is 19.0. The second-order valence-corrected chi connectivity index (χ2v) is 6.42. The van der Waals surface area contributed by atoms with Crippen molar-refractivity contribution in [1.82, 2.24) is 10.9 Å². The number of hydrogen-bond donors (Lipinski definition) is 2. The molecule has 2 aromatic carbocycles. The third-order valence-electron chi connectivity index (χ3n) is 3.46. The normalized spacial score (nSPS) is 10.2. The fourth-order valence-electron chi connectivity index (χ4n) is 2.15. The zero-order valence-corrected chi connectivity index (χ0v) is 15.6. The van der Waals surface area contributed by atoms with Crippen LogP contribution in [0.2, 0.25) is 0 Å². The van der Waals surface area contributed by atoms with Crippen molar-refractivity contribution in [2.75, 3.05) is 6.61 Å². The summed E-state index contributed by atoms with van der Waals surface area (Å²) in [7, 11) is 0. The van der Waals surface area contributed by atoms with Gasteiger partial charge in [0.2, 0.25) is 5.91 Å². The van der Waals surface area contributed by atoms with E-state index in [1.165, 1.54) is 0 Å². The summed E-state index contributed by atoms with van der Waals surface area (Å²) in [6.45, 7) is 2.61. The van der Waals surface area contributed by atoms with Crippen LogP contribution < -0.4 is 15.6 Å². The van der Waals surface area contributed by atoms with E-state index < -0.39 is 5.91 Å². The Morgan fingerprint density at radius 1 is 1.08 bits per heavy atom. The van der Waals surface area contributed by atoms with E-state index in [1.54, 1.807) is 12.1 Å². The molecule has 0 aliphatic carbocycles. The first-order chi connectivity index (χ1) is 12.1. The standard InChI is InChI=1S/C19H21BrN2O3/c1-2-3-11-25-17-10-9-15(20)13-16(17)19(24)22-21-18(23)12-14-7-5-4-6-8-14/h4-10,13H,2-3,11-12H2,1H3,(H,21,23)(H,22,24). The van der Waals surface area contributed by atoms with E-state index in [9.17, 15) is 9.59 Å². The van der Waals surface area contributed by atoms with Gasteiger partial charge in [0.15, 0.2) is 0 Å². The average molecular weight is 405 g/mol. The Balaban J connectivity index is 1.95. The summed E-state index contributed by atoms with van der Waals surface area (Å²) in [6, 6.07) is 14.5. The van der Waals surface area contributed by atoms with Crippen molar-refractivity contribution < 1.29 is 14.3 Å². The van der Waals surface area contributed by atoms with Crippen molar-refractivity contribution in [1.29, 1.82) is 0 Å². The van der Waals surface area contributed by atoms with Gasteiger partial charge in [-0.2, -0.15) is 0 Å². The number of ether oxygens (including phenoxy) is 1. The molecule has 0 aliphatic rings. The molecule has 0 fully saturated rings. The van der Waals surface area contributed by atoms with Crippen LogP contribution in [-0.4, -0.2) is 18.4 Å². The van der Waals surface area contributed by atoms with Crippen molar-refractivity contribution in [3.05, 3.63) is 64.1 Å². The number of amides is 2. The molecule has 132 valence electrons. The molecule has 6 heteroatoms. The molecule has 2 N–H and O–H groups in total. The molecule has 5 nitrogen and oxygen atoms in total. The van der Waals surface area contributed by atoms with E-state index in [0.29, 0.717) is 17.9 Å². The zero-order valence-electron chi connectivity index (χ0n) is 14.0. The molecule has 2 amide bonds. The summed E-state index contributed by atoms with van der Waals surface area (Å²) in [4.78, 5) is 24.3. The Bertz CT molecular complexity index is 720. The van der Waals surface area contributed by atoms with Gasteiger partial charge in [0.25, 0.3) is 5.91 Å². The molecule has 25 heavy (non-hydrogen) atoms. The lowest BCUT2D eigenvalue weighted by Gasteiger charge is -2.12. The summed E-state index contributed by atoms with van der Waals surface area (Å²) in [6.07, 6.45) is 2.11. The molecule has 0 unspecified atom stereocenters. The SMILES string of the molecule is CCCCOc1ccc(Br)cc1C(=O)NNC(=O)Cc1ccccc1. The maximum atomic E-state index is 12.4. The monoisotopic (exact) mass is 404 g/mol. The highest BCUT2D eigenvalue weighted by atomic mass is 79.9. The van der Waals surface area contributed by atoms with Gasteiger partial charge in [-0.25, -0.2) is 0 Å². The maximum absolute atomic E-state index is 12.4. The number of hydrazine groups is 1. The van der Waals surface area contributed by atoms with Crippen LogP contribution in [0.4, 0.5) is 0 Å². The summed E-state index contributed by atoms with van der Waals surface area (Å²) in [5.41, 5.74) is 6.11. The van der Waals surface area contributed by atoms with Gasteiger partial charge in [-0.3, -0.25) is 20.4 Å². The Labute approximate surface area is 155 Å². The minimum Gasteiger partial charge on any atom is -0.493 e. The average Bonchev–Trinajstić information content (AvgIpc) is 2.62. The van der Waals surface area contributed by atoms with Crippen molar-refractivity contribution in [2.45, 2.75) is 26.2 Å². The van der Waals surface area contributed by atoms with Gasteiger partial charge in [0, 0.05) is 4.47 Å². The largest absolute Gasteiger partial charge is 0.493 e. The lowest BCUT2D eigenvalue weighted by molar-refractivity contribution is -0.121. The molecule has 0 atom stereocenters. The van der Waals surface area contributed by atoms with Gasteiger partial charge in [-0.1, -0.05) is 59.6 Å². The number of unbranched alkanes of at least 4 members (excludes halogenated alkanes) is 1. The minimum absolute atomic E-state index is 0.194. The second kappa shape index (κ2) is 9.84. The number of halogens is 1. The van der Waals surface area contributed by atoms with Crippen LogP contribution in [0.5, 0.6) is 5.75 Å². The van der Waals surface area contributed by atoms with Crippen LogP contribution in [0.1, 0.15) is 35.7 Å². The highest BCUT2D eigenvalue weighted by Crippen LogP contribution is 2.23. The molecule has 2 rings (SSSR count). The third kappa shape index (κ3) is 6.23. The summed E-state index contributed by atoms with van der Waals surface area (Å²) in [5, 5.41) is 0. The molecule has 0 saturated heterocycles. The van der Waals surface area contributed by atoms with E-state index >= 15 is 0 Å². The van der Waals surface area contributed by atoms with E-state index in [1.807, 2.05) is 36.4 Å². The minimum atomic E-state index is -0.422. The molecule has 2 aromatic rings. The molecular formula is C19H21BrN2O3. The first-order valence-electron chi connectivity index (χ1n) is 8.15. The lowest BCUT2D eigenvalue weighted by Crippen LogP contribution is -2.42. The van der Waals surface area contributed by atoms with Gasteiger partial charge in [0.1, 0.15) is 5.75 Å². The second-order valence-electron chi connectivity index (χ2n) is 5.51. The van der Waals surface area contributed by atoms with Crippen LogP contribution in [-0.2, 0) is 11.2 Å². The van der Waals surface area contributed by atoms with Gasteiger partial charge in [-0.15, -0.1) is 0 Å². The van der Waals surface area contributed by atoms with Crippen molar-refractivity contribution in [3.63, 3.8) is 0 Å². The lowest BCUT2D eigenvalue weighted by atomic mass is 10.1. The first-order valence-corrected chi connectivity index (χ1v) is 8.95. The summed E-state index contributed by atoms with van der Waals surface area (Å²) in [5.74, 6) is -0.219. The number of carbonyl (C=O) groups excluding carboxylic acids is 2. The summed E-state index contributed by atoms with van der Waals surface area (Å²) >= 11 is 3.35. The molecular weight excluding hydrogens is 384 g/mol. The maximum Gasteiger partial charge on any atom is 0.273 e. The Kier molecular flexibility index (Phi) is 7.47. The molecule has 0 bridgehead atoms. The molecule has 0 aromatic heterocycles. The summed E-state index contributed by atoms with van der Waals surface area (Å²) < 4.78 is 6.42. The van der Waals surface area contributed by atoms with E-state index in [4.69, 9.17) is 4.74 Å². The highest BCUT2D eigenvalue weighted by Gasteiger charge is 2.14. The Hall–Kier alpha value is -2.34. The van der Waals surface area contributed by atoms with Crippen LogP contribution in [0.3, 0.4) is 0 Å². The number of carbonyl (C=O) groups is 2. The van der Waals surface area contributed by atoms with Gasteiger partial charge < -0.3 is 4.74 Å². The number of nitrogens with one attached hydrogen (secondary N) is 2. The molecule has 0 saturated carbocycles. The van der Waals surface area contributed by atoms with Crippen molar-refractivity contribution >= 4 is 27.7 Å². The smallest absolute Gasteiger partial charge is 0.273 e. The molecule has 0 spiro atoms. The van der Waals surface area contributed by atoms with E-state index in [-0.39, 0.29) is 12.3 Å². The predicted molar refractivity (Wildman–Crippen MR) is 100 cm³/mol. The molecule has 0 aliphatic heterocycles. The fourth-order valence-corrected chi connectivity index (χ4v) is 2.51. The van der Waals surface area contributed by atoms with E-state index in [2.05, 4.69) is 33.7 Å². The van der Waals surface area contributed by atoms with Crippen LogP contribution in [0.15, 0.2) is 53.0 Å². The van der Waals surface area contributed by atoms with E-state index in [0.717, 1.165) is 22.9 Å². The number of benzene rings is 2. The van der Waals surface area contributed by atoms with Crippen LogP contribution >= 0.6 is 15.9 Å². The number of hydrogen-bond acceptors (Lipinski definition) is 3. The highest BCUT2D eigenvalue weighted by molar-refractivity contribution is 9.10. The zero-order chi connectivity index (χ0) is 18.1. The quantitative estimate of drug-likeness (QED) is 0.546. The van der Waals surface area contributed by atoms with Gasteiger partial charge in [-0.05, 0) is 30.2 Å². The van der Waals surface area contributed by atoms with Crippen LogP contribution in [0.25, 0.3) is 0 Å². The fraction of sp³-hybridized carbons (Fsp3) is 0.263. The van der Waals surface area contributed by atoms with Gasteiger partial charge >= 0.3 is 0 Å².